The molecule has 1 atom stereocenters. The van der Waals surface area contributed by atoms with Gasteiger partial charge in [-0.05, 0) is 32.6 Å². The van der Waals surface area contributed by atoms with Gasteiger partial charge < -0.3 is 0 Å². The van der Waals surface area contributed by atoms with E-state index < -0.39 is 15.1 Å². The molecule has 0 saturated heterocycles. The van der Waals surface area contributed by atoms with Crippen molar-refractivity contribution in [1.29, 1.82) is 0 Å². The first-order valence-electron chi connectivity index (χ1n) is 5.63. The highest BCUT2D eigenvalue weighted by molar-refractivity contribution is 7.90. The topological polar surface area (TPSA) is 59.9 Å². The van der Waals surface area contributed by atoms with E-state index in [1.807, 2.05) is 0 Å². The molecule has 1 heterocycles. The van der Waals surface area contributed by atoms with Crippen molar-refractivity contribution in [2.45, 2.75) is 37.9 Å². The predicted octanol–water partition coefficient (Wildman–Crippen LogP) is 2.11. The summed E-state index contributed by atoms with van der Waals surface area (Å²) in [5.74, 6) is 0.318. The van der Waals surface area contributed by atoms with Crippen LogP contribution < -0.4 is 0 Å². The zero-order valence-corrected chi connectivity index (χ0v) is 11.5. The maximum Gasteiger partial charge on any atom is 0.157 e. The molecule has 2 rings (SSSR count). The molecule has 0 spiro atoms. The maximum atomic E-state index is 11.5. The molecule has 0 saturated carbocycles. The third-order valence-corrected chi connectivity index (χ3v) is 4.96. The summed E-state index contributed by atoms with van der Waals surface area (Å²) in [6, 6.07) is 0. The Morgan fingerprint density at radius 2 is 1.88 bits per heavy atom. The Labute approximate surface area is 106 Å². The third-order valence-electron chi connectivity index (χ3n) is 3.16. The molecule has 17 heavy (non-hydrogen) atoms. The summed E-state index contributed by atoms with van der Waals surface area (Å²) in [6.45, 7) is 1.59. The number of nitrogens with zero attached hydrogens (tertiary/aromatic N) is 2. The van der Waals surface area contributed by atoms with Crippen LogP contribution in [0.1, 0.15) is 42.1 Å². The van der Waals surface area contributed by atoms with Crippen LogP contribution in [0.2, 0.25) is 5.15 Å². The van der Waals surface area contributed by atoms with E-state index in [0.29, 0.717) is 11.0 Å². The van der Waals surface area contributed by atoms with E-state index in [4.69, 9.17) is 11.6 Å². The quantitative estimate of drug-likeness (QED) is 0.775. The Bertz CT molecular complexity index is 543. The van der Waals surface area contributed by atoms with Crippen molar-refractivity contribution in [3.8, 4) is 0 Å². The van der Waals surface area contributed by atoms with E-state index in [1.165, 1.54) is 6.26 Å². The van der Waals surface area contributed by atoms with Gasteiger partial charge in [0.05, 0.1) is 0 Å². The minimum Gasteiger partial charge on any atom is -0.236 e. The van der Waals surface area contributed by atoms with Crippen molar-refractivity contribution >= 4 is 21.4 Å². The molecule has 0 N–H and O–H groups in total. The number of sulfone groups is 1. The van der Waals surface area contributed by atoms with Gasteiger partial charge in [0.15, 0.2) is 9.84 Å². The summed E-state index contributed by atoms with van der Waals surface area (Å²) < 4.78 is 23.0. The number of aryl methyl sites for hydroxylation is 1. The molecule has 0 bridgehead atoms. The van der Waals surface area contributed by atoms with E-state index in [9.17, 15) is 8.42 Å². The minimum atomic E-state index is -3.18. The van der Waals surface area contributed by atoms with Crippen molar-refractivity contribution in [2.24, 2.45) is 0 Å². The van der Waals surface area contributed by atoms with Crippen molar-refractivity contribution in [3.63, 3.8) is 0 Å². The minimum absolute atomic E-state index is 0.318. The standard InChI is InChI=1S/C11H15ClN2O2S/c1-7(17(2,15)16)11-13-9-6-4-3-5-8(9)10(12)14-11/h7H,3-6H2,1-2H3. The van der Waals surface area contributed by atoms with E-state index >= 15 is 0 Å². The second kappa shape index (κ2) is 4.53. The van der Waals surface area contributed by atoms with Gasteiger partial charge in [0.2, 0.25) is 0 Å². The molecule has 6 heteroatoms. The summed E-state index contributed by atoms with van der Waals surface area (Å²) in [5.41, 5.74) is 1.91. The summed E-state index contributed by atoms with van der Waals surface area (Å²) in [7, 11) is -3.18. The SMILES string of the molecule is CC(c1nc(Cl)c2c(n1)CCCC2)S(C)(=O)=O. The number of halogens is 1. The van der Waals surface area contributed by atoms with Crippen molar-refractivity contribution in [2.75, 3.05) is 6.26 Å². The van der Waals surface area contributed by atoms with Crippen LogP contribution in [0.4, 0.5) is 0 Å². The molecule has 1 aliphatic carbocycles. The van der Waals surface area contributed by atoms with Crippen LogP contribution in [0.3, 0.4) is 0 Å². The number of fused-ring (bicyclic) bond motifs is 1. The van der Waals surface area contributed by atoms with E-state index in [-0.39, 0.29) is 0 Å². The lowest BCUT2D eigenvalue weighted by atomic mass is 9.97. The number of rotatable bonds is 2. The van der Waals surface area contributed by atoms with Gasteiger partial charge >= 0.3 is 0 Å². The van der Waals surface area contributed by atoms with Crippen LogP contribution in [-0.2, 0) is 22.7 Å². The number of hydrogen-bond donors (Lipinski definition) is 0. The van der Waals surface area contributed by atoms with Crippen LogP contribution in [0.15, 0.2) is 0 Å². The van der Waals surface area contributed by atoms with Crippen LogP contribution in [0.25, 0.3) is 0 Å². The van der Waals surface area contributed by atoms with Gasteiger partial charge in [0.1, 0.15) is 16.2 Å². The van der Waals surface area contributed by atoms with Gasteiger partial charge in [0, 0.05) is 17.5 Å². The molecular weight excluding hydrogens is 260 g/mol. The zero-order valence-electron chi connectivity index (χ0n) is 9.90. The van der Waals surface area contributed by atoms with Crippen LogP contribution in [0, 0.1) is 0 Å². The Hall–Kier alpha value is -0.680. The molecule has 1 aliphatic rings. The molecule has 1 aromatic rings. The first-order chi connectivity index (χ1) is 7.89. The van der Waals surface area contributed by atoms with Gasteiger partial charge in [-0.25, -0.2) is 18.4 Å². The Morgan fingerprint density at radius 3 is 2.53 bits per heavy atom. The second-order valence-electron chi connectivity index (χ2n) is 4.48. The van der Waals surface area contributed by atoms with Gasteiger partial charge in [-0.1, -0.05) is 11.6 Å². The number of hydrogen-bond acceptors (Lipinski definition) is 4. The summed E-state index contributed by atoms with van der Waals surface area (Å²) in [5, 5.41) is -0.285. The molecular formula is C11H15ClN2O2S. The fourth-order valence-corrected chi connectivity index (χ4v) is 2.72. The molecule has 0 amide bonds. The van der Waals surface area contributed by atoms with Gasteiger partial charge in [0.25, 0.3) is 0 Å². The van der Waals surface area contributed by atoms with Crippen LogP contribution in [0.5, 0.6) is 0 Å². The average Bonchev–Trinajstić information content (AvgIpc) is 2.27. The van der Waals surface area contributed by atoms with Gasteiger partial charge in [-0.3, -0.25) is 0 Å². The fraction of sp³-hybridized carbons (Fsp3) is 0.636. The molecule has 0 aromatic carbocycles. The lowest BCUT2D eigenvalue weighted by Crippen LogP contribution is -2.16. The van der Waals surface area contributed by atoms with E-state index in [1.54, 1.807) is 6.92 Å². The summed E-state index contributed by atoms with van der Waals surface area (Å²) in [4.78, 5) is 8.49. The lowest BCUT2D eigenvalue weighted by molar-refractivity contribution is 0.587. The highest BCUT2D eigenvalue weighted by Gasteiger charge is 2.24. The first-order valence-corrected chi connectivity index (χ1v) is 7.97. The molecule has 1 aromatic heterocycles. The van der Waals surface area contributed by atoms with E-state index in [0.717, 1.165) is 36.9 Å². The van der Waals surface area contributed by atoms with E-state index in [2.05, 4.69) is 9.97 Å². The lowest BCUT2D eigenvalue weighted by Gasteiger charge is -2.18. The van der Waals surface area contributed by atoms with Crippen LogP contribution >= 0.6 is 11.6 Å². The van der Waals surface area contributed by atoms with Crippen LogP contribution in [-0.4, -0.2) is 24.6 Å². The molecule has 0 radical (unpaired) electrons. The number of aromatic nitrogens is 2. The molecule has 0 fully saturated rings. The maximum absolute atomic E-state index is 11.5. The fourth-order valence-electron chi connectivity index (χ4n) is 1.94. The first kappa shape index (κ1) is 12.8. The Balaban J connectivity index is 2.48. The van der Waals surface area contributed by atoms with Crippen molar-refractivity contribution < 1.29 is 8.42 Å². The smallest absolute Gasteiger partial charge is 0.157 e. The summed E-state index contributed by atoms with van der Waals surface area (Å²) in [6.07, 6.45) is 5.11. The monoisotopic (exact) mass is 274 g/mol. The normalized spacial score (nSPS) is 17.6. The second-order valence-corrected chi connectivity index (χ2v) is 7.20. The molecule has 1 unspecified atom stereocenters. The zero-order chi connectivity index (χ0) is 12.6. The van der Waals surface area contributed by atoms with Crippen molar-refractivity contribution in [3.05, 3.63) is 22.2 Å². The summed E-state index contributed by atoms with van der Waals surface area (Å²) >= 11 is 6.10. The molecule has 94 valence electrons. The Morgan fingerprint density at radius 1 is 1.24 bits per heavy atom. The Kier molecular flexibility index (Phi) is 3.41. The van der Waals surface area contributed by atoms with Gasteiger partial charge in [-0.2, -0.15) is 0 Å². The predicted molar refractivity (Wildman–Crippen MR) is 66.9 cm³/mol. The van der Waals surface area contributed by atoms with Gasteiger partial charge in [-0.15, -0.1) is 0 Å². The highest BCUT2D eigenvalue weighted by Crippen LogP contribution is 2.28. The van der Waals surface area contributed by atoms with Crippen molar-refractivity contribution in [1.82, 2.24) is 9.97 Å². The average molecular weight is 275 g/mol. The third kappa shape index (κ3) is 2.60. The largest absolute Gasteiger partial charge is 0.236 e. The highest BCUT2D eigenvalue weighted by atomic mass is 35.5. The molecule has 4 nitrogen and oxygen atoms in total. The molecule has 0 aliphatic heterocycles.